The summed E-state index contributed by atoms with van der Waals surface area (Å²) in [7, 11) is -3.01. The van der Waals surface area contributed by atoms with Gasteiger partial charge >= 0.3 is 0 Å². The molecule has 3 aromatic carbocycles. The molecule has 0 spiro atoms. The Morgan fingerprint density at radius 1 is 1.00 bits per heavy atom. The van der Waals surface area contributed by atoms with E-state index in [-0.39, 0.29) is 28.7 Å². The van der Waals surface area contributed by atoms with E-state index in [0.29, 0.717) is 24.3 Å². The molecule has 0 aromatic heterocycles. The molecular weight excluding hydrogens is 584 g/mol. The van der Waals surface area contributed by atoms with Gasteiger partial charge in [0.05, 0.1) is 22.6 Å². The lowest BCUT2D eigenvalue weighted by atomic mass is 10.1. The number of rotatable bonds is 15. The summed E-state index contributed by atoms with van der Waals surface area (Å²) >= 11 is 0. The molecule has 3 rings (SSSR count). The third-order valence-corrected chi connectivity index (χ3v) is 9.06. The van der Waals surface area contributed by atoms with Gasteiger partial charge in [-0.1, -0.05) is 56.2 Å². The van der Waals surface area contributed by atoms with Crippen LogP contribution in [0.4, 0.5) is 11.4 Å². The Labute approximate surface area is 259 Å². The number of anilines is 1. The Morgan fingerprint density at radius 3 is 2.23 bits per heavy atom. The molecule has 44 heavy (non-hydrogen) atoms. The molecule has 1 atom stereocenters. The Hall–Kier alpha value is -4.45. The van der Waals surface area contributed by atoms with Gasteiger partial charge in [-0.15, -0.1) is 0 Å². The Balaban J connectivity index is 2.09. The van der Waals surface area contributed by atoms with Gasteiger partial charge in [0.1, 0.15) is 18.3 Å². The van der Waals surface area contributed by atoms with E-state index >= 15 is 0 Å². The fraction of sp³-hybridized carbons (Fsp3) is 0.375. The van der Waals surface area contributed by atoms with Gasteiger partial charge in [0.25, 0.3) is 15.7 Å². The van der Waals surface area contributed by atoms with Crippen LogP contribution in [0.5, 0.6) is 5.75 Å². The van der Waals surface area contributed by atoms with E-state index in [4.69, 9.17) is 4.74 Å². The molecule has 1 N–H and O–H groups in total. The second-order valence-electron chi connectivity index (χ2n) is 10.5. The standard InChI is InChI=1S/C32H40N4O7S/c1-6-8-19-33-32(38)29(7-2)34(21-25-12-9-23(3)10-13-25)31(37)22-35(26-14-16-27(43-5)17-15-26)44(41,42)28-18-11-24(4)30(20-28)36(39)40/h9-18,20,29H,6-8,19,21-22H2,1-5H3,(H,33,38). The number of nitro benzene ring substituents is 1. The number of hydrogen-bond donors (Lipinski definition) is 1. The third kappa shape index (κ3) is 8.34. The second-order valence-corrected chi connectivity index (χ2v) is 12.4. The maximum Gasteiger partial charge on any atom is 0.273 e. The van der Waals surface area contributed by atoms with Gasteiger partial charge in [-0.2, -0.15) is 0 Å². The minimum absolute atomic E-state index is 0.0747. The van der Waals surface area contributed by atoms with Crippen LogP contribution in [0.3, 0.4) is 0 Å². The third-order valence-electron chi connectivity index (χ3n) is 7.29. The van der Waals surface area contributed by atoms with Gasteiger partial charge in [0.15, 0.2) is 0 Å². The number of amides is 2. The van der Waals surface area contributed by atoms with E-state index in [1.807, 2.05) is 38.1 Å². The molecule has 0 saturated heterocycles. The summed E-state index contributed by atoms with van der Waals surface area (Å²) in [5.41, 5.74) is 1.89. The van der Waals surface area contributed by atoms with E-state index in [1.165, 1.54) is 43.2 Å². The maximum atomic E-state index is 14.2. The van der Waals surface area contributed by atoms with Crippen molar-refractivity contribution in [2.45, 2.75) is 64.4 Å². The smallest absolute Gasteiger partial charge is 0.273 e. The summed E-state index contributed by atoms with van der Waals surface area (Å²) in [6.07, 6.45) is 1.96. The number of carbonyl (C=O) groups excluding carboxylic acids is 2. The summed E-state index contributed by atoms with van der Waals surface area (Å²) < 4.78 is 34.3. The van der Waals surface area contributed by atoms with E-state index in [2.05, 4.69) is 5.32 Å². The molecule has 0 aliphatic rings. The van der Waals surface area contributed by atoms with Crippen molar-refractivity contribution in [3.63, 3.8) is 0 Å². The van der Waals surface area contributed by atoms with Gasteiger partial charge in [0.2, 0.25) is 11.8 Å². The van der Waals surface area contributed by atoms with Crippen LogP contribution in [0, 0.1) is 24.0 Å². The Bertz CT molecular complexity index is 1560. The molecular formula is C32H40N4O7S. The van der Waals surface area contributed by atoms with Crippen LogP contribution in [-0.2, 0) is 26.2 Å². The molecule has 3 aromatic rings. The van der Waals surface area contributed by atoms with E-state index in [1.54, 1.807) is 19.1 Å². The van der Waals surface area contributed by atoms with Crippen LogP contribution < -0.4 is 14.4 Å². The summed E-state index contributed by atoms with van der Waals surface area (Å²) in [5.74, 6) is -0.460. The van der Waals surface area contributed by atoms with Gasteiger partial charge < -0.3 is 15.0 Å². The zero-order valence-corrected chi connectivity index (χ0v) is 26.6. The number of hydrogen-bond acceptors (Lipinski definition) is 7. The number of methoxy groups -OCH3 is 1. The van der Waals surface area contributed by atoms with Crippen molar-refractivity contribution in [2.75, 3.05) is 24.5 Å². The molecule has 0 aliphatic heterocycles. The molecule has 0 saturated carbocycles. The van der Waals surface area contributed by atoms with Crippen molar-refractivity contribution in [1.29, 1.82) is 0 Å². The number of carbonyl (C=O) groups is 2. The summed E-state index contributed by atoms with van der Waals surface area (Å²) in [4.78, 5) is 39.5. The van der Waals surface area contributed by atoms with Crippen LogP contribution in [0.25, 0.3) is 0 Å². The minimum atomic E-state index is -4.48. The van der Waals surface area contributed by atoms with Gasteiger partial charge in [0, 0.05) is 24.7 Å². The first-order valence-electron chi connectivity index (χ1n) is 14.5. The largest absolute Gasteiger partial charge is 0.497 e. The number of unbranched alkanes of at least 4 members (excludes halogenated alkanes) is 1. The second kappa shape index (κ2) is 15.3. The number of aryl methyl sites for hydroxylation is 2. The quantitative estimate of drug-likeness (QED) is 0.140. The van der Waals surface area contributed by atoms with Crippen molar-refractivity contribution in [3.8, 4) is 5.75 Å². The van der Waals surface area contributed by atoms with Crippen LogP contribution in [0.1, 0.15) is 49.8 Å². The van der Waals surface area contributed by atoms with Crippen LogP contribution >= 0.6 is 0 Å². The maximum absolute atomic E-state index is 14.2. The zero-order chi connectivity index (χ0) is 32.4. The first-order chi connectivity index (χ1) is 20.9. The number of sulfonamides is 1. The number of ether oxygens (including phenoxy) is 1. The predicted molar refractivity (Wildman–Crippen MR) is 169 cm³/mol. The summed E-state index contributed by atoms with van der Waals surface area (Å²) in [6, 6.07) is 16.4. The topological polar surface area (TPSA) is 139 Å². The Kier molecular flexibility index (Phi) is 11.9. The molecule has 0 radical (unpaired) electrons. The number of benzene rings is 3. The normalized spacial score (nSPS) is 11.8. The van der Waals surface area contributed by atoms with E-state index in [0.717, 1.165) is 34.3 Å². The van der Waals surface area contributed by atoms with Crippen molar-refractivity contribution in [1.82, 2.24) is 10.2 Å². The monoisotopic (exact) mass is 624 g/mol. The highest BCUT2D eigenvalue weighted by Gasteiger charge is 2.34. The van der Waals surface area contributed by atoms with Crippen molar-refractivity contribution in [2.24, 2.45) is 0 Å². The highest BCUT2D eigenvalue weighted by atomic mass is 32.2. The number of nitro groups is 1. The highest BCUT2D eigenvalue weighted by Crippen LogP contribution is 2.29. The van der Waals surface area contributed by atoms with Gasteiger partial charge in [-0.25, -0.2) is 8.42 Å². The SMILES string of the molecule is CCCCNC(=O)C(CC)N(Cc1ccc(C)cc1)C(=O)CN(c1ccc(OC)cc1)S(=O)(=O)c1ccc(C)c([N+](=O)[O-])c1. The first-order valence-corrected chi connectivity index (χ1v) is 15.9. The average Bonchev–Trinajstić information content (AvgIpc) is 3.00. The molecule has 1 unspecified atom stereocenters. The lowest BCUT2D eigenvalue weighted by molar-refractivity contribution is -0.385. The van der Waals surface area contributed by atoms with Gasteiger partial charge in [-0.3, -0.25) is 24.0 Å². The van der Waals surface area contributed by atoms with Crippen molar-refractivity contribution in [3.05, 3.63) is 93.5 Å². The molecule has 0 aliphatic carbocycles. The van der Waals surface area contributed by atoms with Crippen molar-refractivity contribution < 1.29 is 27.7 Å². The van der Waals surface area contributed by atoms with Crippen molar-refractivity contribution >= 4 is 33.2 Å². The zero-order valence-electron chi connectivity index (χ0n) is 25.8. The fourth-order valence-corrected chi connectivity index (χ4v) is 6.10. The fourth-order valence-electron chi connectivity index (χ4n) is 4.67. The number of nitrogens with one attached hydrogen (secondary N) is 1. The van der Waals surface area contributed by atoms with Gasteiger partial charge in [-0.05, 0) is 62.6 Å². The van der Waals surface area contributed by atoms with E-state index in [9.17, 15) is 28.1 Å². The highest BCUT2D eigenvalue weighted by molar-refractivity contribution is 7.92. The van der Waals surface area contributed by atoms with Crippen LogP contribution in [-0.4, -0.2) is 56.3 Å². The molecule has 2 amide bonds. The lowest BCUT2D eigenvalue weighted by Gasteiger charge is -2.33. The number of nitrogens with zero attached hydrogens (tertiary/aromatic N) is 3. The molecule has 11 nitrogen and oxygen atoms in total. The lowest BCUT2D eigenvalue weighted by Crippen LogP contribution is -2.52. The Morgan fingerprint density at radius 2 is 1.66 bits per heavy atom. The molecule has 236 valence electrons. The summed E-state index contributed by atoms with van der Waals surface area (Å²) in [5, 5.41) is 14.5. The first kappa shape index (κ1) is 34.0. The minimum Gasteiger partial charge on any atom is -0.497 e. The predicted octanol–water partition coefficient (Wildman–Crippen LogP) is 5.14. The molecule has 0 heterocycles. The molecule has 0 bridgehead atoms. The molecule has 0 fully saturated rings. The van der Waals surface area contributed by atoms with Crippen LogP contribution in [0.2, 0.25) is 0 Å². The average molecular weight is 625 g/mol. The van der Waals surface area contributed by atoms with Crippen LogP contribution in [0.15, 0.2) is 71.6 Å². The molecule has 12 heteroatoms. The summed E-state index contributed by atoms with van der Waals surface area (Å²) in [6.45, 7) is 7.13. The van der Waals surface area contributed by atoms with E-state index < -0.39 is 33.4 Å².